The highest BCUT2D eigenvalue weighted by molar-refractivity contribution is 5.69. The van der Waals surface area contributed by atoms with E-state index >= 15 is 0 Å². The molecule has 1 N–H and O–H groups in total. The van der Waals surface area contributed by atoms with Crippen molar-refractivity contribution in [2.45, 2.75) is 51.7 Å². The first-order chi connectivity index (χ1) is 8.50. The van der Waals surface area contributed by atoms with E-state index in [2.05, 4.69) is 0 Å². The minimum absolute atomic E-state index is 0.0260. The van der Waals surface area contributed by atoms with Crippen LogP contribution in [0.2, 0.25) is 0 Å². The second-order valence-corrected chi connectivity index (χ2v) is 4.84. The minimum atomic E-state index is -0.521. The predicted octanol–water partition coefficient (Wildman–Crippen LogP) is 2.88. The number of esters is 1. The largest absolute Gasteiger partial charge is 0.463 e. The van der Waals surface area contributed by atoms with E-state index in [1.165, 1.54) is 0 Å². The molecule has 2 atom stereocenters. The first-order valence-electron chi connectivity index (χ1n) is 6.43. The molecular formula is C15H22O3. The quantitative estimate of drug-likeness (QED) is 0.790. The fourth-order valence-electron chi connectivity index (χ4n) is 1.82. The Balaban J connectivity index is 2.41. The number of hydrogen-bond acceptors (Lipinski definition) is 3. The Bertz CT molecular complexity index is 359. The number of benzene rings is 1. The van der Waals surface area contributed by atoms with Gasteiger partial charge in [-0.3, -0.25) is 4.79 Å². The fraction of sp³-hybridized carbons (Fsp3) is 0.533. The molecule has 1 aromatic carbocycles. The molecule has 0 fully saturated rings. The van der Waals surface area contributed by atoms with Crippen molar-refractivity contribution in [3.63, 3.8) is 0 Å². The minimum Gasteiger partial charge on any atom is -0.463 e. The van der Waals surface area contributed by atoms with Crippen molar-refractivity contribution in [2.75, 3.05) is 0 Å². The molecule has 0 bridgehead atoms. The van der Waals surface area contributed by atoms with E-state index in [-0.39, 0.29) is 24.4 Å². The normalized spacial score (nSPS) is 14.3. The topological polar surface area (TPSA) is 46.5 Å². The zero-order valence-electron chi connectivity index (χ0n) is 11.3. The van der Waals surface area contributed by atoms with Gasteiger partial charge in [-0.1, -0.05) is 37.3 Å². The number of aliphatic hydroxyl groups excluding tert-OH is 1. The second kappa shape index (κ2) is 7.17. The van der Waals surface area contributed by atoms with Crippen molar-refractivity contribution in [1.29, 1.82) is 0 Å². The van der Waals surface area contributed by atoms with Gasteiger partial charge in [0.2, 0.25) is 0 Å². The standard InChI is InChI=1S/C15H22O3/c1-11(2)18-15(17)10-9-14(16)12(3)13-7-5-4-6-8-13/h4-8,11-12,14,16H,9-10H2,1-3H3. The highest BCUT2D eigenvalue weighted by atomic mass is 16.5. The molecule has 3 nitrogen and oxygen atoms in total. The van der Waals surface area contributed by atoms with Crippen molar-refractivity contribution >= 4 is 5.97 Å². The van der Waals surface area contributed by atoms with Crippen LogP contribution in [-0.2, 0) is 9.53 Å². The molecule has 0 saturated heterocycles. The van der Waals surface area contributed by atoms with Crippen LogP contribution in [0.3, 0.4) is 0 Å². The third-order valence-corrected chi connectivity index (χ3v) is 2.91. The van der Waals surface area contributed by atoms with Crippen LogP contribution in [0.25, 0.3) is 0 Å². The zero-order chi connectivity index (χ0) is 13.5. The Kier molecular flexibility index (Phi) is 5.86. The van der Waals surface area contributed by atoms with Crippen molar-refractivity contribution in [3.05, 3.63) is 35.9 Å². The van der Waals surface area contributed by atoms with E-state index in [0.717, 1.165) is 5.56 Å². The number of rotatable bonds is 6. The van der Waals surface area contributed by atoms with Gasteiger partial charge in [-0.2, -0.15) is 0 Å². The molecule has 0 heterocycles. The maximum atomic E-state index is 11.4. The molecule has 0 aromatic heterocycles. The van der Waals surface area contributed by atoms with Gasteiger partial charge in [0.25, 0.3) is 0 Å². The van der Waals surface area contributed by atoms with Crippen LogP contribution in [0.1, 0.15) is 45.1 Å². The summed E-state index contributed by atoms with van der Waals surface area (Å²) >= 11 is 0. The lowest BCUT2D eigenvalue weighted by atomic mass is 9.93. The lowest BCUT2D eigenvalue weighted by Gasteiger charge is -2.19. The second-order valence-electron chi connectivity index (χ2n) is 4.84. The molecule has 3 heteroatoms. The molecule has 1 aromatic rings. The molecule has 2 unspecified atom stereocenters. The molecule has 0 radical (unpaired) electrons. The van der Waals surface area contributed by atoms with Gasteiger partial charge in [-0.15, -0.1) is 0 Å². The summed E-state index contributed by atoms with van der Waals surface area (Å²) in [4.78, 5) is 11.4. The molecule has 0 amide bonds. The lowest BCUT2D eigenvalue weighted by molar-refractivity contribution is -0.148. The summed E-state index contributed by atoms with van der Waals surface area (Å²) in [6.07, 6.45) is 0.0753. The van der Waals surface area contributed by atoms with Crippen LogP contribution >= 0.6 is 0 Å². The summed E-state index contributed by atoms with van der Waals surface area (Å²) in [5.74, 6) is -0.220. The van der Waals surface area contributed by atoms with E-state index in [1.54, 1.807) is 0 Å². The molecule has 1 rings (SSSR count). The van der Waals surface area contributed by atoms with Gasteiger partial charge in [0.15, 0.2) is 0 Å². The summed E-state index contributed by atoms with van der Waals surface area (Å²) in [7, 11) is 0. The Hall–Kier alpha value is -1.35. The zero-order valence-corrected chi connectivity index (χ0v) is 11.3. The predicted molar refractivity (Wildman–Crippen MR) is 71.3 cm³/mol. The molecule has 0 saturated carbocycles. The summed E-state index contributed by atoms with van der Waals surface area (Å²) in [6, 6.07) is 9.82. The van der Waals surface area contributed by atoms with Crippen molar-refractivity contribution in [2.24, 2.45) is 0 Å². The average molecular weight is 250 g/mol. The first kappa shape index (κ1) is 14.7. The van der Waals surface area contributed by atoms with Gasteiger partial charge in [0.05, 0.1) is 12.2 Å². The summed E-state index contributed by atoms with van der Waals surface area (Å²) in [6.45, 7) is 5.61. The number of carbonyl (C=O) groups is 1. The van der Waals surface area contributed by atoms with Crippen molar-refractivity contribution in [1.82, 2.24) is 0 Å². The van der Waals surface area contributed by atoms with Crippen LogP contribution in [-0.4, -0.2) is 23.3 Å². The fourth-order valence-corrected chi connectivity index (χ4v) is 1.82. The van der Waals surface area contributed by atoms with E-state index < -0.39 is 6.10 Å². The van der Waals surface area contributed by atoms with E-state index in [1.807, 2.05) is 51.1 Å². The molecule has 0 aliphatic rings. The van der Waals surface area contributed by atoms with Crippen molar-refractivity contribution < 1.29 is 14.6 Å². The van der Waals surface area contributed by atoms with Gasteiger partial charge in [-0.05, 0) is 25.8 Å². The van der Waals surface area contributed by atoms with Gasteiger partial charge in [-0.25, -0.2) is 0 Å². The molecule has 100 valence electrons. The molecule has 18 heavy (non-hydrogen) atoms. The van der Waals surface area contributed by atoms with Crippen molar-refractivity contribution in [3.8, 4) is 0 Å². The smallest absolute Gasteiger partial charge is 0.306 e. The molecule has 0 aliphatic carbocycles. The average Bonchev–Trinajstić information content (AvgIpc) is 2.35. The van der Waals surface area contributed by atoms with Crippen LogP contribution in [0, 0.1) is 0 Å². The Morgan fingerprint density at radius 3 is 2.39 bits per heavy atom. The highest BCUT2D eigenvalue weighted by Crippen LogP contribution is 2.21. The summed E-state index contributed by atoms with van der Waals surface area (Å²) in [5, 5.41) is 10.0. The third-order valence-electron chi connectivity index (χ3n) is 2.91. The number of carbonyl (C=O) groups excluding carboxylic acids is 1. The summed E-state index contributed by atoms with van der Waals surface area (Å²) in [5.41, 5.74) is 1.09. The summed E-state index contributed by atoms with van der Waals surface area (Å²) < 4.78 is 5.04. The van der Waals surface area contributed by atoms with Crippen LogP contribution in [0.4, 0.5) is 0 Å². The van der Waals surface area contributed by atoms with Gasteiger partial charge >= 0.3 is 5.97 Å². The van der Waals surface area contributed by atoms with Crippen LogP contribution in [0.15, 0.2) is 30.3 Å². The first-order valence-corrected chi connectivity index (χ1v) is 6.43. The SMILES string of the molecule is CC(C)OC(=O)CCC(O)C(C)c1ccccc1. The number of ether oxygens (including phenoxy) is 1. The molecule has 0 aliphatic heterocycles. The molecule has 0 spiro atoms. The van der Waals surface area contributed by atoms with E-state index in [0.29, 0.717) is 6.42 Å². The van der Waals surface area contributed by atoms with Gasteiger partial charge in [0.1, 0.15) is 0 Å². The Morgan fingerprint density at radius 1 is 1.22 bits per heavy atom. The number of aliphatic hydroxyl groups is 1. The van der Waals surface area contributed by atoms with Crippen LogP contribution < -0.4 is 0 Å². The number of hydrogen-bond donors (Lipinski definition) is 1. The van der Waals surface area contributed by atoms with E-state index in [4.69, 9.17) is 4.74 Å². The van der Waals surface area contributed by atoms with E-state index in [9.17, 15) is 9.90 Å². The monoisotopic (exact) mass is 250 g/mol. The maximum Gasteiger partial charge on any atom is 0.306 e. The Labute approximate surface area is 109 Å². The highest BCUT2D eigenvalue weighted by Gasteiger charge is 2.17. The molecular weight excluding hydrogens is 228 g/mol. The van der Waals surface area contributed by atoms with Crippen LogP contribution in [0.5, 0.6) is 0 Å². The third kappa shape index (κ3) is 4.88. The van der Waals surface area contributed by atoms with Gasteiger partial charge < -0.3 is 9.84 Å². The van der Waals surface area contributed by atoms with Gasteiger partial charge in [0, 0.05) is 12.3 Å². The lowest BCUT2D eigenvalue weighted by Crippen LogP contribution is -2.19. The maximum absolute atomic E-state index is 11.4. The Morgan fingerprint density at radius 2 is 1.83 bits per heavy atom.